The lowest BCUT2D eigenvalue weighted by atomic mass is 10.1. The van der Waals surface area contributed by atoms with E-state index in [2.05, 4.69) is 22.0 Å². The van der Waals surface area contributed by atoms with Crippen LogP contribution in [-0.4, -0.2) is 7.05 Å². The van der Waals surface area contributed by atoms with E-state index in [9.17, 15) is 4.39 Å². The van der Waals surface area contributed by atoms with E-state index >= 15 is 0 Å². The molecule has 0 unspecified atom stereocenters. The highest BCUT2D eigenvalue weighted by Crippen LogP contribution is 2.24. The first-order valence-electron chi connectivity index (χ1n) is 6.18. The maximum absolute atomic E-state index is 13.2. The van der Waals surface area contributed by atoms with Gasteiger partial charge in [-0.3, -0.25) is 0 Å². The van der Waals surface area contributed by atoms with Gasteiger partial charge in [0.05, 0.1) is 11.6 Å². The molecule has 2 nitrogen and oxygen atoms in total. The minimum absolute atomic E-state index is 0.233. The molecule has 0 fully saturated rings. The Morgan fingerprint density at radius 2 is 2.05 bits per heavy atom. The number of nitrogens with zero attached hydrogens (tertiary/aromatic N) is 2. The minimum Gasteiger partial charge on any atom is -0.370 e. The molecular weight excluding hydrogens is 319 g/mol. The Kier molecular flexibility index (Phi) is 4.75. The molecular formula is C16H14BrFN2. The van der Waals surface area contributed by atoms with Crippen molar-refractivity contribution >= 4 is 21.6 Å². The number of benzene rings is 2. The van der Waals surface area contributed by atoms with Gasteiger partial charge in [0, 0.05) is 24.6 Å². The van der Waals surface area contributed by atoms with E-state index in [1.54, 1.807) is 12.1 Å². The van der Waals surface area contributed by atoms with Crippen molar-refractivity contribution in [2.45, 2.75) is 11.9 Å². The van der Waals surface area contributed by atoms with E-state index in [0.29, 0.717) is 17.4 Å². The standard InChI is InChI=1S/C16H14BrFN2/c1-20(11-13-4-2-3-12(7-13)10-19)16-6-5-15(18)8-14(16)9-17/h2-8H,9,11H2,1H3. The lowest BCUT2D eigenvalue weighted by Gasteiger charge is -2.22. The van der Waals surface area contributed by atoms with Gasteiger partial charge in [0.15, 0.2) is 0 Å². The number of anilines is 1. The smallest absolute Gasteiger partial charge is 0.123 e. The summed E-state index contributed by atoms with van der Waals surface area (Å²) in [7, 11) is 1.96. The van der Waals surface area contributed by atoms with Gasteiger partial charge in [-0.25, -0.2) is 4.39 Å². The quantitative estimate of drug-likeness (QED) is 0.783. The Balaban J connectivity index is 2.23. The van der Waals surface area contributed by atoms with Gasteiger partial charge >= 0.3 is 0 Å². The summed E-state index contributed by atoms with van der Waals surface area (Å²) in [5.41, 5.74) is 3.58. The molecule has 0 N–H and O–H groups in total. The average molecular weight is 333 g/mol. The highest BCUT2D eigenvalue weighted by Gasteiger charge is 2.09. The first kappa shape index (κ1) is 14.5. The zero-order chi connectivity index (χ0) is 14.5. The van der Waals surface area contributed by atoms with Crippen LogP contribution in [0.1, 0.15) is 16.7 Å². The minimum atomic E-state index is -0.233. The molecule has 0 spiro atoms. The largest absolute Gasteiger partial charge is 0.370 e. The van der Waals surface area contributed by atoms with E-state index in [1.807, 2.05) is 30.1 Å². The van der Waals surface area contributed by atoms with Crippen LogP contribution in [0.25, 0.3) is 0 Å². The van der Waals surface area contributed by atoms with Crippen molar-refractivity contribution in [1.29, 1.82) is 5.26 Å². The fourth-order valence-electron chi connectivity index (χ4n) is 2.13. The summed E-state index contributed by atoms with van der Waals surface area (Å²) in [6, 6.07) is 14.4. The van der Waals surface area contributed by atoms with Gasteiger partial charge in [-0.05, 0) is 41.5 Å². The van der Waals surface area contributed by atoms with E-state index in [1.165, 1.54) is 12.1 Å². The summed E-state index contributed by atoms with van der Waals surface area (Å²) >= 11 is 3.38. The number of hydrogen-bond donors (Lipinski definition) is 0. The van der Waals surface area contributed by atoms with Gasteiger partial charge < -0.3 is 4.90 Å². The molecule has 0 saturated heterocycles. The molecule has 0 aliphatic rings. The van der Waals surface area contributed by atoms with Crippen molar-refractivity contribution in [1.82, 2.24) is 0 Å². The van der Waals surface area contributed by atoms with Gasteiger partial charge in [0.2, 0.25) is 0 Å². The van der Waals surface area contributed by atoms with E-state index < -0.39 is 0 Å². The molecule has 0 aliphatic heterocycles. The number of alkyl halides is 1. The van der Waals surface area contributed by atoms with E-state index in [4.69, 9.17) is 5.26 Å². The van der Waals surface area contributed by atoms with Crippen molar-refractivity contribution in [3.05, 3.63) is 65.0 Å². The van der Waals surface area contributed by atoms with Gasteiger partial charge in [-0.2, -0.15) is 5.26 Å². The molecule has 20 heavy (non-hydrogen) atoms. The summed E-state index contributed by atoms with van der Waals surface area (Å²) in [4.78, 5) is 2.05. The molecule has 2 rings (SSSR count). The van der Waals surface area contributed by atoms with Crippen molar-refractivity contribution in [3.8, 4) is 6.07 Å². The molecule has 2 aromatic carbocycles. The Hall–Kier alpha value is -1.86. The fourth-order valence-corrected chi connectivity index (χ4v) is 2.58. The second-order valence-corrected chi connectivity index (χ2v) is 5.14. The molecule has 0 saturated carbocycles. The van der Waals surface area contributed by atoms with Crippen molar-refractivity contribution in [2.75, 3.05) is 11.9 Å². The first-order chi connectivity index (χ1) is 9.63. The van der Waals surface area contributed by atoms with Gasteiger partial charge in [-0.1, -0.05) is 28.1 Å². The SMILES string of the molecule is CN(Cc1cccc(C#N)c1)c1ccc(F)cc1CBr. The van der Waals surface area contributed by atoms with Crippen LogP contribution in [-0.2, 0) is 11.9 Å². The van der Waals surface area contributed by atoms with Crippen LogP contribution < -0.4 is 4.90 Å². The Morgan fingerprint density at radius 3 is 2.75 bits per heavy atom. The molecule has 0 heterocycles. The molecule has 0 amide bonds. The Labute approximate surface area is 126 Å². The van der Waals surface area contributed by atoms with Crippen molar-refractivity contribution < 1.29 is 4.39 Å². The molecule has 0 radical (unpaired) electrons. The normalized spacial score (nSPS) is 10.1. The summed E-state index contributed by atoms with van der Waals surface area (Å²) in [6.45, 7) is 0.668. The monoisotopic (exact) mass is 332 g/mol. The van der Waals surface area contributed by atoms with Crippen LogP contribution in [0.3, 0.4) is 0 Å². The zero-order valence-electron chi connectivity index (χ0n) is 11.1. The van der Waals surface area contributed by atoms with E-state index in [0.717, 1.165) is 16.8 Å². The number of halogens is 2. The first-order valence-corrected chi connectivity index (χ1v) is 7.30. The van der Waals surface area contributed by atoms with Gasteiger partial charge in [-0.15, -0.1) is 0 Å². The predicted molar refractivity (Wildman–Crippen MR) is 82.3 cm³/mol. The molecule has 102 valence electrons. The third kappa shape index (κ3) is 3.37. The zero-order valence-corrected chi connectivity index (χ0v) is 12.7. The maximum Gasteiger partial charge on any atom is 0.123 e. The van der Waals surface area contributed by atoms with Crippen molar-refractivity contribution in [3.63, 3.8) is 0 Å². The van der Waals surface area contributed by atoms with Crippen LogP contribution in [0.4, 0.5) is 10.1 Å². The predicted octanol–water partition coefficient (Wildman–Crippen LogP) is 4.23. The third-order valence-corrected chi connectivity index (χ3v) is 3.68. The van der Waals surface area contributed by atoms with E-state index in [-0.39, 0.29) is 5.82 Å². The van der Waals surface area contributed by atoms with Gasteiger partial charge in [0.1, 0.15) is 5.82 Å². The second kappa shape index (κ2) is 6.53. The van der Waals surface area contributed by atoms with Gasteiger partial charge in [0.25, 0.3) is 0 Å². The van der Waals surface area contributed by atoms with Crippen LogP contribution in [0.15, 0.2) is 42.5 Å². The van der Waals surface area contributed by atoms with Crippen LogP contribution in [0, 0.1) is 17.1 Å². The molecule has 0 aromatic heterocycles. The lowest BCUT2D eigenvalue weighted by Crippen LogP contribution is -2.18. The Bertz CT molecular complexity index is 649. The van der Waals surface area contributed by atoms with Crippen LogP contribution >= 0.6 is 15.9 Å². The summed E-state index contributed by atoms with van der Waals surface area (Å²) in [5.74, 6) is -0.233. The second-order valence-electron chi connectivity index (χ2n) is 4.57. The topological polar surface area (TPSA) is 27.0 Å². The number of nitriles is 1. The molecule has 0 aliphatic carbocycles. The summed E-state index contributed by atoms with van der Waals surface area (Å²) in [5, 5.41) is 9.51. The molecule has 2 aromatic rings. The fraction of sp³-hybridized carbons (Fsp3) is 0.188. The highest BCUT2D eigenvalue weighted by atomic mass is 79.9. The molecule has 0 atom stereocenters. The Morgan fingerprint density at radius 1 is 1.25 bits per heavy atom. The third-order valence-electron chi connectivity index (χ3n) is 3.07. The number of rotatable bonds is 4. The lowest BCUT2D eigenvalue weighted by molar-refractivity contribution is 0.626. The number of hydrogen-bond acceptors (Lipinski definition) is 2. The van der Waals surface area contributed by atoms with Crippen LogP contribution in [0.5, 0.6) is 0 Å². The average Bonchev–Trinajstić information content (AvgIpc) is 2.47. The molecule has 4 heteroatoms. The van der Waals surface area contributed by atoms with Crippen LogP contribution in [0.2, 0.25) is 0 Å². The molecule has 0 bridgehead atoms. The van der Waals surface area contributed by atoms with Crippen molar-refractivity contribution in [2.24, 2.45) is 0 Å². The summed E-state index contributed by atoms with van der Waals surface area (Å²) < 4.78 is 13.2. The summed E-state index contributed by atoms with van der Waals surface area (Å²) in [6.07, 6.45) is 0. The maximum atomic E-state index is 13.2. The highest BCUT2D eigenvalue weighted by molar-refractivity contribution is 9.08.